The van der Waals surface area contributed by atoms with E-state index in [-0.39, 0.29) is 24.8 Å². The highest BCUT2D eigenvalue weighted by atomic mass is 35.5. The summed E-state index contributed by atoms with van der Waals surface area (Å²) in [6.45, 7) is 0.250. The van der Waals surface area contributed by atoms with E-state index in [4.69, 9.17) is 5.73 Å². The smallest absolute Gasteiger partial charge is 0.329 e. The van der Waals surface area contributed by atoms with Crippen LogP contribution in [0.3, 0.4) is 0 Å². The van der Waals surface area contributed by atoms with E-state index in [9.17, 15) is 13.2 Å². The Morgan fingerprint density at radius 1 is 1.28 bits per heavy atom. The topological polar surface area (TPSA) is 77.8 Å². The van der Waals surface area contributed by atoms with Gasteiger partial charge in [-0.15, -0.1) is 12.4 Å². The van der Waals surface area contributed by atoms with Gasteiger partial charge in [-0.25, -0.2) is 0 Å². The van der Waals surface area contributed by atoms with E-state index in [1.807, 2.05) is 0 Å². The monoisotopic (exact) mass is 280 g/mol. The lowest BCUT2D eigenvalue weighted by Crippen LogP contribution is -2.04. The summed E-state index contributed by atoms with van der Waals surface area (Å²) in [7, 11) is 0. The Kier molecular flexibility index (Phi) is 4.25. The highest BCUT2D eigenvalue weighted by Gasteiger charge is 2.38. The molecule has 0 aliphatic heterocycles. The number of nitrogens with zero attached hydrogens (tertiary/aromatic N) is 3. The molecular formula is C9H8ClF3N4O. The molecule has 2 N–H and O–H groups in total. The molecule has 2 aromatic rings. The second-order valence-electron chi connectivity index (χ2n) is 3.16. The van der Waals surface area contributed by atoms with E-state index in [1.165, 1.54) is 12.3 Å². The Hall–Kier alpha value is -1.67. The van der Waals surface area contributed by atoms with Crippen LogP contribution in [0.2, 0.25) is 0 Å². The number of aromatic nitrogens is 3. The van der Waals surface area contributed by atoms with Gasteiger partial charge < -0.3 is 10.3 Å². The van der Waals surface area contributed by atoms with E-state index >= 15 is 0 Å². The van der Waals surface area contributed by atoms with Crippen LogP contribution in [0.15, 0.2) is 22.9 Å². The number of alkyl halides is 3. The first kappa shape index (κ1) is 14.4. The zero-order chi connectivity index (χ0) is 12.5. The molecular weight excluding hydrogens is 273 g/mol. The minimum atomic E-state index is -4.64. The van der Waals surface area contributed by atoms with E-state index in [0.29, 0.717) is 11.3 Å². The van der Waals surface area contributed by atoms with Gasteiger partial charge in [-0.1, -0.05) is 5.16 Å². The quantitative estimate of drug-likeness (QED) is 0.911. The van der Waals surface area contributed by atoms with Crippen molar-refractivity contribution in [1.82, 2.24) is 15.1 Å². The predicted molar refractivity (Wildman–Crippen MR) is 57.7 cm³/mol. The van der Waals surface area contributed by atoms with Gasteiger partial charge in [0, 0.05) is 18.3 Å². The maximum absolute atomic E-state index is 12.2. The van der Waals surface area contributed by atoms with E-state index in [2.05, 4.69) is 19.6 Å². The summed E-state index contributed by atoms with van der Waals surface area (Å²) in [6, 6.07) is 3.11. The molecule has 0 unspecified atom stereocenters. The van der Waals surface area contributed by atoms with Gasteiger partial charge in [-0.3, -0.25) is 4.98 Å². The van der Waals surface area contributed by atoms with Crippen LogP contribution in [-0.4, -0.2) is 15.1 Å². The molecule has 2 rings (SSSR count). The van der Waals surface area contributed by atoms with Crippen molar-refractivity contribution in [3.63, 3.8) is 0 Å². The van der Waals surface area contributed by atoms with Gasteiger partial charge in [-0.05, 0) is 12.1 Å². The molecule has 0 bridgehead atoms. The Balaban J connectivity index is 0.00000162. The number of halogens is 4. The highest BCUT2D eigenvalue weighted by molar-refractivity contribution is 5.85. The van der Waals surface area contributed by atoms with Gasteiger partial charge in [-0.2, -0.15) is 18.2 Å². The lowest BCUT2D eigenvalue weighted by atomic mass is 10.2. The minimum absolute atomic E-state index is 0. The van der Waals surface area contributed by atoms with Gasteiger partial charge in [0.15, 0.2) is 0 Å². The summed E-state index contributed by atoms with van der Waals surface area (Å²) in [5.74, 6) is -1.54. The molecule has 2 heterocycles. The highest BCUT2D eigenvalue weighted by Crippen LogP contribution is 2.29. The zero-order valence-corrected chi connectivity index (χ0v) is 9.63. The van der Waals surface area contributed by atoms with Gasteiger partial charge in [0.2, 0.25) is 5.82 Å². The molecule has 0 spiro atoms. The number of pyridine rings is 1. The van der Waals surface area contributed by atoms with E-state index < -0.39 is 12.1 Å². The van der Waals surface area contributed by atoms with Gasteiger partial charge >= 0.3 is 12.1 Å². The second kappa shape index (κ2) is 5.32. The number of hydrogen-bond donors (Lipinski definition) is 1. The van der Waals surface area contributed by atoms with Crippen molar-refractivity contribution >= 4 is 12.4 Å². The third-order valence-corrected chi connectivity index (χ3v) is 1.96. The van der Waals surface area contributed by atoms with Crippen molar-refractivity contribution in [3.05, 3.63) is 29.9 Å². The van der Waals surface area contributed by atoms with Crippen LogP contribution in [0.5, 0.6) is 0 Å². The Bertz CT molecular complexity index is 511. The van der Waals surface area contributed by atoms with Crippen molar-refractivity contribution in [2.24, 2.45) is 5.73 Å². The summed E-state index contributed by atoms with van der Waals surface area (Å²) in [5, 5.41) is 3.23. The summed E-state index contributed by atoms with van der Waals surface area (Å²) >= 11 is 0. The first-order valence-corrected chi connectivity index (χ1v) is 4.57. The van der Waals surface area contributed by atoms with Crippen LogP contribution in [-0.2, 0) is 12.7 Å². The molecule has 9 heteroatoms. The van der Waals surface area contributed by atoms with Crippen molar-refractivity contribution in [1.29, 1.82) is 0 Å². The first-order chi connectivity index (χ1) is 8.00. The Labute approximate surface area is 106 Å². The maximum Gasteiger partial charge on any atom is 0.471 e. The number of rotatable bonds is 2. The van der Waals surface area contributed by atoms with E-state index in [1.54, 1.807) is 6.07 Å². The average Bonchev–Trinajstić information content (AvgIpc) is 2.78. The lowest BCUT2D eigenvalue weighted by molar-refractivity contribution is -0.159. The lowest BCUT2D eigenvalue weighted by Gasteiger charge is -1.97. The van der Waals surface area contributed by atoms with Crippen LogP contribution < -0.4 is 5.73 Å². The minimum Gasteiger partial charge on any atom is -0.329 e. The molecule has 98 valence electrons. The van der Waals surface area contributed by atoms with Gasteiger partial charge in [0.05, 0.1) is 5.69 Å². The van der Waals surface area contributed by atoms with Crippen LogP contribution >= 0.6 is 12.4 Å². The van der Waals surface area contributed by atoms with Crippen molar-refractivity contribution in [3.8, 4) is 11.4 Å². The largest absolute Gasteiger partial charge is 0.471 e. The summed E-state index contributed by atoms with van der Waals surface area (Å²) in [6.07, 6.45) is -3.30. The third kappa shape index (κ3) is 2.96. The van der Waals surface area contributed by atoms with Gasteiger partial charge in [0.25, 0.3) is 0 Å². The fourth-order valence-electron chi connectivity index (χ4n) is 1.13. The Morgan fingerprint density at radius 2 is 2.00 bits per heavy atom. The molecule has 18 heavy (non-hydrogen) atoms. The third-order valence-electron chi connectivity index (χ3n) is 1.96. The fourth-order valence-corrected chi connectivity index (χ4v) is 1.13. The number of nitrogens with two attached hydrogens (primary N) is 1. The van der Waals surface area contributed by atoms with Crippen molar-refractivity contribution in [2.45, 2.75) is 12.7 Å². The average molecular weight is 281 g/mol. The van der Waals surface area contributed by atoms with Crippen LogP contribution in [0.1, 0.15) is 11.6 Å². The first-order valence-electron chi connectivity index (χ1n) is 4.57. The second-order valence-corrected chi connectivity index (χ2v) is 3.16. The zero-order valence-electron chi connectivity index (χ0n) is 8.81. The maximum atomic E-state index is 12.2. The molecule has 0 saturated carbocycles. The predicted octanol–water partition coefficient (Wildman–Crippen LogP) is 2.03. The molecule has 0 aliphatic rings. The van der Waals surface area contributed by atoms with Crippen molar-refractivity contribution < 1.29 is 17.7 Å². The van der Waals surface area contributed by atoms with Crippen LogP contribution in [0.4, 0.5) is 13.2 Å². The fraction of sp³-hybridized carbons (Fsp3) is 0.222. The molecule has 0 aromatic carbocycles. The van der Waals surface area contributed by atoms with Gasteiger partial charge in [0.1, 0.15) is 0 Å². The Morgan fingerprint density at radius 3 is 2.44 bits per heavy atom. The van der Waals surface area contributed by atoms with Crippen LogP contribution in [0, 0.1) is 0 Å². The van der Waals surface area contributed by atoms with E-state index in [0.717, 1.165) is 0 Å². The molecule has 0 fully saturated rings. The summed E-state index contributed by atoms with van der Waals surface area (Å²) in [4.78, 5) is 7.15. The van der Waals surface area contributed by atoms with Crippen molar-refractivity contribution in [2.75, 3.05) is 0 Å². The molecule has 0 atom stereocenters. The summed E-state index contributed by atoms with van der Waals surface area (Å²) in [5.41, 5.74) is 6.29. The summed E-state index contributed by atoms with van der Waals surface area (Å²) < 4.78 is 40.7. The normalized spacial score (nSPS) is 11.1. The standard InChI is InChI=1S/C9H7F3N4O.ClH/c10-9(11,12)8-15-7(16-17-8)5-1-2-6(3-13)14-4-5;/h1-2,4H,3,13H2;1H. The molecule has 0 radical (unpaired) electrons. The SMILES string of the molecule is Cl.NCc1ccc(-c2noc(C(F)(F)F)n2)cn1. The molecule has 0 aliphatic carbocycles. The molecule has 0 saturated heterocycles. The molecule has 2 aromatic heterocycles. The number of hydrogen-bond acceptors (Lipinski definition) is 5. The molecule has 5 nitrogen and oxygen atoms in total. The molecule has 0 amide bonds. The van der Waals surface area contributed by atoms with Crippen LogP contribution in [0.25, 0.3) is 11.4 Å².